The van der Waals surface area contributed by atoms with Crippen LogP contribution in [0.3, 0.4) is 0 Å². The zero-order valence-corrected chi connectivity index (χ0v) is 12.0. The molecule has 0 bridgehead atoms. The molecular formula is C13H25NO2S. The van der Waals surface area contributed by atoms with E-state index in [9.17, 15) is 8.42 Å². The Morgan fingerprint density at radius 1 is 1.41 bits per heavy atom. The molecule has 1 saturated heterocycles. The van der Waals surface area contributed by atoms with Gasteiger partial charge in [0.2, 0.25) is 0 Å². The molecule has 0 radical (unpaired) electrons. The van der Waals surface area contributed by atoms with Crippen molar-refractivity contribution in [2.45, 2.75) is 57.7 Å². The van der Waals surface area contributed by atoms with E-state index in [-0.39, 0.29) is 11.0 Å². The Kier molecular flexibility index (Phi) is 5.67. The number of hydrogen-bond acceptors (Lipinski definition) is 3. The Hall–Kier alpha value is -0.350. The van der Waals surface area contributed by atoms with E-state index in [1.54, 1.807) is 13.8 Å². The smallest absolute Gasteiger partial charge is 0.156 e. The lowest BCUT2D eigenvalue weighted by Gasteiger charge is -2.23. The van der Waals surface area contributed by atoms with Crippen molar-refractivity contribution < 1.29 is 8.42 Å². The lowest BCUT2D eigenvalue weighted by atomic mass is 9.98. The van der Waals surface area contributed by atoms with Crippen molar-refractivity contribution in [1.82, 2.24) is 5.32 Å². The molecule has 100 valence electrons. The normalized spacial score (nSPS) is 23.1. The van der Waals surface area contributed by atoms with Crippen LogP contribution in [0.4, 0.5) is 0 Å². The predicted molar refractivity (Wildman–Crippen MR) is 72.9 cm³/mol. The maximum Gasteiger partial charge on any atom is 0.156 e. The molecule has 0 amide bonds. The van der Waals surface area contributed by atoms with E-state index in [1.165, 1.54) is 24.8 Å². The van der Waals surface area contributed by atoms with E-state index in [1.807, 2.05) is 13.0 Å². The highest BCUT2D eigenvalue weighted by atomic mass is 32.2. The number of hydrogen-bond donors (Lipinski definition) is 1. The van der Waals surface area contributed by atoms with Crippen molar-refractivity contribution >= 4 is 9.84 Å². The Morgan fingerprint density at radius 2 is 2.12 bits per heavy atom. The molecule has 1 fully saturated rings. The SMILES string of the molecule is C/C(=C/CS(=O)(=O)C(C)C)CC1CCCCN1. The van der Waals surface area contributed by atoms with Crippen LogP contribution in [0.5, 0.6) is 0 Å². The van der Waals surface area contributed by atoms with Gasteiger partial charge < -0.3 is 5.32 Å². The van der Waals surface area contributed by atoms with Crippen molar-refractivity contribution in [3.63, 3.8) is 0 Å². The molecule has 17 heavy (non-hydrogen) atoms. The van der Waals surface area contributed by atoms with Crippen molar-refractivity contribution in [2.75, 3.05) is 12.3 Å². The number of piperidine rings is 1. The minimum atomic E-state index is -2.93. The Balaban J connectivity index is 2.44. The molecule has 1 aliphatic rings. The zero-order chi connectivity index (χ0) is 12.9. The Morgan fingerprint density at radius 3 is 2.65 bits per heavy atom. The molecular weight excluding hydrogens is 234 g/mol. The second-order valence-corrected chi connectivity index (χ2v) is 7.88. The van der Waals surface area contributed by atoms with Crippen LogP contribution in [0.15, 0.2) is 11.6 Å². The summed E-state index contributed by atoms with van der Waals surface area (Å²) in [5.41, 5.74) is 1.19. The second-order valence-electron chi connectivity index (χ2n) is 5.28. The lowest BCUT2D eigenvalue weighted by molar-refractivity contribution is 0.398. The molecule has 0 spiro atoms. The Labute approximate surface area is 106 Å². The maximum absolute atomic E-state index is 11.7. The highest BCUT2D eigenvalue weighted by molar-refractivity contribution is 7.92. The van der Waals surface area contributed by atoms with E-state index in [0.29, 0.717) is 6.04 Å². The van der Waals surface area contributed by atoms with Gasteiger partial charge in [-0.2, -0.15) is 0 Å². The molecule has 0 aromatic heterocycles. The summed E-state index contributed by atoms with van der Waals surface area (Å²) in [4.78, 5) is 0. The topological polar surface area (TPSA) is 46.2 Å². The molecule has 3 nitrogen and oxygen atoms in total. The summed E-state index contributed by atoms with van der Waals surface area (Å²) in [6, 6.07) is 0.543. The van der Waals surface area contributed by atoms with Crippen LogP contribution in [-0.4, -0.2) is 32.0 Å². The quantitative estimate of drug-likeness (QED) is 0.771. The summed E-state index contributed by atoms with van der Waals surface area (Å²) in [5, 5.41) is 3.20. The highest BCUT2D eigenvalue weighted by Crippen LogP contribution is 2.15. The fourth-order valence-electron chi connectivity index (χ4n) is 2.02. The standard InChI is InChI=1S/C13H25NO2S/c1-11(2)17(15,16)9-7-12(3)10-13-6-4-5-8-14-13/h7,11,13-14H,4-6,8-10H2,1-3H3/b12-7-. The molecule has 1 heterocycles. The lowest BCUT2D eigenvalue weighted by Crippen LogP contribution is -2.34. The molecule has 4 heteroatoms. The van der Waals surface area contributed by atoms with Crippen LogP contribution >= 0.6 is 0 Å². The van der Waals surface area contributed by atoms with E-state index in [4.69, 9.17) is 0 Å². The first-order chi connectivity index (χ1) is 7.92. The van der Waals surface area contributed by atoms with Gasteiger partial charge in [-0.15, -0.1) is 0 Å². The van der Waals surface area contributed by atoms with Gasteiger partial charge in [-0.1, -0.05) is 18.1 Å². The van der Waals surface area contributed by atoms with Crippen molar-refractivity contribution in [3.8, 4) is 0 Å². The van der Waals surface area contributed by atoms with Gasteiger partial charge in [-0.25, -0.2) is 8.42 Å². The van der Waals surface area contributed by atoms with Crippen LogP contribution in [0.1, 0.15) is 46.5 Å². The highest BCUT2D eigenvalue weighted by Gasteiger charge is 2.15. The first-order valence-electron chi connectivity index (χ1n) is 6.52. The first-order valence-corrected chi connectivity index (χ1v) is 8.24. The molecule has 1 rings (SSSR count). The van der Waals surface area contributed by atoms with E-state index in [2.05, 4.69) is 5.32 Å². The van der Waals surface area contributed by atoms with Crippen LogP contribution in [-0.2, 0) is 9.84 Å². The van der Waals surface area contributed by atoms with E-state index < -0.39 is 9.84 Å². The summed E-state index contributed by atoms with van der Waals surface area (Å²) in [5.74, 6) is 0.184. The summed E-state index contributed by atoms with van der Waals surface area (Å²) in [6.45, 7) is 6.61. The molecule has 0 saturated carbocycles. The van der Waals surface area contributed by atoms with Gasteiger partial charge in [0, 0.05) is 6.04 Å². The van der Waals surface area contributed by atoms with Crippen molar-refractivity contribution in [2.24, 2.45) is 0 Å². The van der Waals surface area contributed by atoms with Crippen LogP contribution < -0.4 is 5.32 Å². The van der Waals surface area contributed by atoms with Crippen molar-refractivity contribution in [1.29, 1.82) is 0 Å². The van der Waals surface area contributed by atoms with E-state index in [0.717, 1.165) is 13.0 Å². The number of rotatable bonds is 5. The molecule has 1 aliphatic heterocycles. The summed E-state index contributed by atoms with van der Waals surface area (Å²) in [6.07, 6.45) is 6.62. The van der Waals surface area contributed by atoms with Crippen LogP contribution in [0.25, 0.3) is 0 Å². The fraction of sp³-hybridized carbons (Fsp3) is 0.846. The monoisotopic (exact) mass is 259 g/mol. The van der Waals surface area contributed by atoms with E-state index >= 15 is 0 Å². The molecule has 0 aromatic carbocycles. The van der Waals surface area contributed by atoms with Gasteiger partial charge in [0.25, 0.3) is 0 Å². The van der Waals surface area contributed by atoms with Gasteiger partial charge >= 0.3 is 0 Å². The van der Waals surface area contributed by atoms with Gasteiger partial charge in [0.15, 0.2) is 9.84 Å². The second kappa shape index (κ2) is 6.55. The minimum Gasteiger partial charge on any atom is -0.314 e. The molecule has 0 aliphatic carbocycles. The largest absolute Gasteiger partial charge is 0.314 e. The van der Waals surface area contributed by atoms with Gasteiger partial charge in [-0.3, -0.25) is 0 Å². The third kappa shape index (κ3) is 5.21. The first kappa shape index (κ1) is 14.7. The summed E-state index contributed by atoms with van der Waals surface area (Å²) >= 11 is 0. The average Bonchev–Trinajstić information content (AvgIpc) is 2.28. The molecule has 0 aromatic rings. The third-order valence-electron chi connectivity index (χ3n) is 3.36. The maximum atomic E-state index is 11.7. The molecule has 1 N–H and O–H groups in total. The number of sulfone groups is 1. The third-order valence-corrected chi connectivity index (χ3v) is 5.43. The minimum absolute atomic E-state index is 0.184. The van der Waals surface area contributed by atoms with Crippen LogP contribution in [0, 0.1) is 0 Å². The average molecular weight is 259 g/mol. The molecule has 1 unspecified atom stereocenters. The van der Waals surface area contributed by atoms with Gasteiger partial charge in [-0.05, 0) is 46.6 Å². The fourth-order valence-corrected chi connectivity index (χ4v) is 2.92. The van der Waals surface area contributed by atoms with Gasteiger partial charge in [0.05, 0.1) is 11.0 Å². The summed E-state index contributed by atoms with van der Waals surface area (Å²) in [7, 11) is -2.93. The predicted octanol–water partition coefficient (Wildman–Crippen LogP) is 2.29. The summed E-state index contributed by atoms with van der Waals surface area (Å²) < 4.78 is 23.3. The Bertz CT molecular complexity index is 352. The number of nitrogens with one attached hydrogen (secondary N) is 1. The van der Waals surface area contributed by atoms with Crippen molar-refractivity contribution in [3.05, 3.63) is 11.6 Å². The zero-order valence-electron chi connectivity index (χ0n) is 11.2. The molecule has 1 atom stereocenters. The van der Waals surface area contributed by atoms with Gasteiger partial charge in [0.1, 0.15) is 0 Å². The van der Waals surface area contributed by atoms with Crippen LogP contribution in [0.2, 0.25) is 0 Å².